The minimum Gasteiger partial charge on any atom is -0.497 e. The molecule has 0 aliphatic rings. The first kappa shape index (κ1) is 18.8. The van der Waals surface area contributed by atoms with E-state index in [-0.39, 0.29) is 12.3 Å². The Bertz CT molecular complexity index is 1090. The molecule has 146 valence electrons. The molecule has 0 aliphatic heterocycles. The number of nitrogens with zero attached hydrogens (tertiary/aromatic N) is 4. The molecule has 1 amide bonds. The van der Waals surface area contributed by atoms with Crippen LogP contribution in [0.4, 0.5) is 5.69 Å². The SMILES string of the molecule is COc1cccc(-c2nc(CC(=O)Nc3ccc(Cn4cncn4)cc3)cs2)c1. The summed E-state index contributed by atoms with van der Waals surface area (Å²) in [5.74, 6) is 0.681. The van der Waals surface area contributed by atoms with Crippen LogP contribution in [0.25, 0.3) is 10.6 Å². The van der Waals surface area contributed by atoms with Gasteiger partial charge in [-0.2, -0.15) is 5.10 Å². The minimum absolute atomic E-state index is 0.100. The molecule has 2 aromatic carbocycles. The molecule has 0 saturated heterocycles. The second-order valence-electron chi connectivity index (χ2n) is 6.39. The van der Waals surface area contributed by atoms with Crippen LogP contribution in [0.1, 0.15) is 11.3 Å². The van der Waals surface area contributed by atoms with E-state index in [4.69, 9.17) is 4.74 Å². The third-order valence-corrected chi connectivity index (χ3v) is 5.20. The van der Waals surface area contributed by atoms with Crippen LogP contribution < -0.4 is 10.1 Å². The summed E-state index contributed by atoms with van der Waals surface area (Å²) in [6.45, 7) is 0.639. The molecule has 2 heterocycles. The van der Waals surface area contributed by atoms with Gasteiger partial charge in [0.1, 0.15) is 23.4 Å². The molecule has 1 N–H and O–H groups in total. The highest BCUT2D eigenvalue weighted by atomic mass is 32.1. The van der Waals surface area contributed by atoms with Gasteiger partial charge in [-0.05, 0) is 29.8 Å². The predicted octanol–water partition coefficient (Wildman–Crippen LogP) is 3.64. The molecule has 0 spiro atoms. The average Bonchev–Trinajstić information content (AvgIpc) is 3.42. The zero-order valence-electron chi connectivity index (χ0n) is 15.8. The van der Waals surface area contributed by atoms with Crippen molar-refractivity contribution in [3.8, 4) is 16.3 Å². The predicted molar refractivity (Wildman–Crippen MR) is 112 cm³/mol. The van der Waals surface area contributed by atoms with E-state index in [0.29, 0.717) is 6.54 Å². The molecule has 0 radical (unpaired) electrons. The Hall–Kier alpha value is -3.52. The molecule has 0 aliphatic carbocycles. The van der Waals surface area contributed by atoms with Crippen LogP contribution in [0.3, 0.4) is 0 Å². The summed E-state index contributed by atoms with van der Waals surface area (Å²) in [7, 11) is 1.64. The number of ether oxygens (including phenoxy) is 1. The van der Waals surface area contributed by atoms with Crippen LogP contribution in [0.15, 0.2) is 66.6 Å². The van der Waals surface area contributed by atoms with Crippen LogP contribution >= 0.6 is 11.3 Å². The maximum atomic E-state index is 12.4. The van der Waals surface area contributed by atoms with Crippen molar-refractivity contribution in [1.29, 1.82) is 0 Å². The molecule has 4 aromatic rings. The summed E-state index contributed by atoms with van der Waals surface area (Å²) in [6, 6.07) is 15.4. The highest BCUT2D eigenvalue weighted by molar-refractivity contribution is 7.13. The number of amides is 1. The molecule has 0 atom stereocenters. The fourth-order valence-electron chi connectivity index (χ4n) is 2.84. The normalized spacial score (nSPS) is 10.7. The summed E-state index contributed by atoms with van der Waals surface area (Å²) >= 11 is 1.51. The van der Waals surface area contributed by atoms with Gasteiger partial charge in [0, 0.05) is 16.6 Å². The topological polar surface area (TPSA) is 81.9 Å². The third kappa shape index (κ3) is 4.85. The number of benzene rings is 2. The van der Waals surface area contributed by atoms with Gasteiger partial charge in [-0.3, -0.25) is 4.79 Å². The van der Waals surface area contributed by atoms with E-state index in [1.54, 1.807) is 18.1 Å². The Morgan fingerprint density at radius 3 is 2.83 bits per heavy atom. The number of methoxy groups -OCH3 is 1. The van der Waals surface area contributed by atoms with Gasteiger partial charge >= 0.3 is 0 Å². The van der Waals surface area contributed by atoms with E-state index in [1.165, 1.54) is 17.7 Å². The van der Waals surface area contributed by atoms with E-state index in [9.17, 15) is 4.79 Å². The number of hydrogen-bond donors (Lipinski definition) is 1. The molecule has 0 saturated carbocycles. The first-order valence-corrected chi connectivity index (χ1v) is 9.87. The molecule has 2 aromatic heterocycles. The van der Waals surface area contributed by atoms with E-state index in [2.05, 4.69) is 20.4 Å². The maximum absolute atomic E-state index is 12.4. The number of rotatable bonds is 7. The molecule has 0 bridgehead atoms. The number of hydrogen-bond acceptors (Lipinski definition) is 6. The van der Waals surface area contributed by atoms with E-state index in [0.717, 1.165) is 33.3 Å². The first-order valence-electron chi connectivity index (χ1n) is 8.99. The highest BCUT2D eigenvalue weighted by Crippen LogP contribution is 2.27. The average molecular weight is 405 g/mol. The van der Waals surface area contributed by atoms with Crippen molar-refractivity contribution < 1.29 is 9.53 Å². The van der Waals surface area contributed by atoms with Gasteiger partial charge in [-0.1, -0.05) is 24.3 Å². The lowest BCUT2D eigenvalue weighted by Gasteiger charge is -2.06. The molecule has 0 fully saturated rings. The van der Waals surface area contributed by atoms with Gasteiger partial charge < -0.3 is 10.1 Å². The molecular weight excluding hydrogens is 386 g/mol. The number of thiazole rings is 1. The lowest BCUT2D eigenvalue weighted by molar-refractivity contribution is -0.115. The highest BCUT2D eigenvalue weighted by Gasteiger charge is 2.10. The molecule has 4 rings (SSSR count). The van der Waals surface area contributed by atoms with Crippen molar-refractivity contribution in [2.75, 3.05) is 12.4 Å². The fraction of sp³-hybridized carbons (Fsp3) is 0.143. The van der Waals surface area contributed by atoms with Crippen LogP contribution in [0.2, 0.25) is 0 Å². The smallest absolute Gasteiger partial charge is 0.230 e. The van der Waals surface area contributed by atoms with Crippen molar-refractivity contribution in [2.45, 2.75) is 13.0 Å². The zero-order valence-corrected chi connectivity index (χ0v) is 16.6. The Balaban J connectivity index is 1.35. The monoisotopic (exact) mass is 405 g/mol. The van der Waals surface area contributed by atoms with Crippen molar-refractivity contribution >= 4 is 22.9 Å². The van der Waals surface area contributed by atoms with Gasteiger partial charge in [-0.25, -0.2) is 14.6 Å². The van der Waals surface area contributed by atoms with Crippen molar-refractivity contribution in [1.82, 2.24) is 19.7 Å². The number of aromatic nitrogens is 4. The van der Waals surface area contributed by atoms with Gasteiger partial charge in [-0.15, -0.1) is 11.3 Å². The van der Waals surface area contributed by atoms with Crippen LogP contribution in [-0.2, 0) is 17.8 Å². The largest absolute Gasteiger partial charge is 0.497 e. The Kier molecular flexibility index (Phi) is 5.62. The second kappa shape index (κ2) is 8.66. The lowest BCUT2D eigenvalue weighted by Crippen LogP contribution is -2.14. The number of anilines is 1. The molecule has 8 heteroatoms. The summed E-state index contributed by atoms with van der Waals surface area (Å²) in [6.07, 6.45) is 3.40. The third-order valence-electron chi connectivity index (χ3n) is 4.26. The lowest BCUT2D eigenvalue weighted by atomic mass is 10.2. The first-order chi connectivity index (χ1) is 14.2. The van der Waals surface area contributed by atoms with E-state index >= 15 is 0 Å². The second-order valence-corrected chi connectivity index (χ2v) is 7.25. The maximum Gasteiger partial charge on any atom is 0.230 e. The van der Waals surface area contributed by atoms with Gasteiger partial charge in [0.2, 0.25) is 5.91 Å². The molecule has 0 unspecified atom stereocenters. The van der Waals surface area contributed by atoms with E-state index in [1.807, 2.05) is 53.9 Å². The van der Waals surface area contributed by atoms with Crippen molar-refractivity contribution in [3.63, 3.8) is 0 Å². The molecule has 29 heavy (non-hydrogen) atoms. The quantitative estimate of drug-likeness (QED) is 0.508. The van der Waals surface area contributed by atoms with Crippen molar-refractivity contribution in [2.24, 2.45) is 0 Å². The summed E-state index contributed by atoms with van der Waals surface area (Å²) in [5.41, 5.74) is 3.55. The van der Waals surface area contributed by atoms with Gasteiger partial charge in [0.25, 0.3) is 0 Å². The van der Waals surface area contributed by atoms with E-state index < -0.39 is 0 Å². The number of carbonyl (C=O) groups excluding carboxylic acids is 1. The fourth-order valence-corrected chi connectivity index (χ4v) is 3.66. The van der Waals surface area contributed by atoms with Crippen LogP contribution in [-0.4, -0.2) is 32.8 Å². The van der Waals surface area contributed by atoms with Crippen LogP contribution in [0.5, 0.6) is 5.75 Å². The molecule has 7 nitrogen and oxygen atoms in total. The molecular formula is C21H19N5O2S. The number of carbonyl (C=O) groups is 1. The Morgan fingerprint density at radius 2 is 2.07 bits per heavy atom. The van der Waals surface area contributed by atoms with Gasteiger partial charge in [0.15, 0.2) is 0 Å². The van der Waals surface area contributed by atoms with Crippen molar-refractivity contribution in [3.05, 3.63) is 77.8 Å². The minimum atomic E-state index is -0.100. The Morgan fingerprint density at radius 1 is 1.21 bits per heavy atom. The standard InChI is InChI=1S/C21H19N5O2S/c1-28-19-4-2-3-16(9-19)21-25-18(12-29-21)10-20(27)24-17-7-5-15(6-8-17)11-26-14-22-13-23-26/h2-9,12-14H,10-11H2,1H3,(H,24,27). The summed E-state index contributed by atoms with van der Waals surface area (Å²) in [5, 5.41) is 9.78. The zero-order chi connectivity index (χ0) is 20.1. The Labute approximate surface area is 172 Å². The van der Waals surface area contributed by atoms with Gasteiger partial charge in [0.05, 0.1) is 25.8 Å². The summed E-state index contributed by atoms with van der Waals surface area (Å²) < 4.78 is 7.00. The van der Waals surface area contributed by atoms with Crippen LogP contribution in [0, 0.1) is 0 Å². The number of nitrogens with one attached hydrogen (secondary N) is 1. The summed E-state index contributed by atoms with van der Waals surface area (Å²) in [4.78, 5) is 20.9.